The van der Waals surface area contributed by atoms with Gasteiger partial charge in [-0.2, -0.15) is 0 Å². The highest BCUT2D eigenvalue weighted by Crippen LogP contribution is 2.23. The molecule has 0 N–H and O–H groups in total. The summed E-state index contributed by atoms with van der Waals surface area (Å²) in [5.74, 6) is -0.315. The lowest BCUT2D eigenvalue weighted by Gasteiger charge is -2.19. The Morgan fingerprint density at radius 3 is 1.75 bits per heavy atom. The van der Waals surface area contributed by atoms with Gasteiger partial charge in [-0.1, -0.05) is 36.7 Å². The molecule has 5 heteroatoms. The minimum atomic E-state index is -3.32. The standard InChI is InChI=1S/C7H13BrO3S/c1-7(2,3)5(9)6(8)12(4,10)11/h6H,1-4H3/t6-/m0/s1. The van der Waals surface area contributed by atoms with Gasteiger partial charge in [-0.05, 0) is 0 Å². The first-order valence-electron chi connectivity index (χ1n) is 3.44. The summed E-state index contributed by atoms with van der Waals surface area (Å²) in [7, 11) is -3.32. The van der Waals surface area contributed by atoms with Crippen molar-refractivity contribution in [1.82, 2.24) is 0 Å². The first-order valence-corrected chi connectivity index (χ1v) is 6.31. The molecular weight excluding hydrogens is 244 g/mol. The highest BCUT2D eigenvalue weighted by atomic mass is 79.9. The fourth-order valence-corrected chi connectivity index (χ4v) is 1.96. The topological polar surface area (TPSA) is 51.2 Å². The summed E-state index contributed by atoms with van der Waals surface area (Å²) < 4.78 is 20.8. The van der Waals surface area contributed by atoms with Crippen LogP contribution in [0.2, 0.25) is 0 Å². The molecule has 0 spiro atoms. The zero-order valence-electron chi connectivity index (χ0n) is 7.59. The van der Waals surface area contributed by atoms with Crippen molar-refractivity contribution >= 4 is 31.6 Å². The smallest absolute Gasteiger partial charge is 0.174 e. The minimum Gasteiger partial charge on any atom is -0.297 e. The van der Waals surface area contributed by atoms with Gasteiger partial charge >= 0.3 is 0 Å². The molecule has 12 heavy (non-hydrogen) atoms. The minimum absolute atomic E-state index is 0.315. The number of ketones is 1. The van der Waals surface area contributed by atoms with E-state index in [1.54, 1.807) is 20.8 Å². The highest BCUT2D eigenvalue weighted by Gasteiger charge is 2.33. The van der Waals surface area contributed by atoms with Crippen molar-refractivity contribution in [2.24, 2.45) is 5.41 Å². The molecule has 0 heterocycles. The Bertz CT molecular complexity index is 274. The molecule has 0 fully saturated rings. The van der Waals surface area contributed by atoms with Gasteiger partial charge in [-0.25, -0.2) is 8.42 Å². The number of carbonyl (C=O) groups excluding carboxylic acids is 1. The van der Waals surface area contributed by atoms with Crippen molar-refractivity contribution in [1.29, 1.82) is 0 Å². The molecule has 72 valence electrons. The van der Waals surface area contributed by atoms with Crippen LogP contribution in [0.5, 0.6) is 0 Å². The van der Waals surface area contributed by atoms with Crippen LogP contribution in [-0.2, 0) is 14.6 Å². The summed E-state index contributed by atoms with van der Waals surface area (Å²) in [6.45, 7) is 5.07. The third-order valence-corrected chi connectivity index (χ3v) is 4.74. The van der Waals surface area contributed by atoms with Gasteiger partial charge in [0.05, 0.1) is 0 Å². The van der Waals surface area contributed by atoms with Crippen molar-refractivity contribution in [3.8, 4) is 0 Å². The molecule has 1 atom stereocenters. The van der Waals surface area contributed by atoms with Crippen LogP contribution in [0.4, 0.5) is 0 Å². The molecule has 0 aliphatic heterocycles. The quantitative estimate of drug-likeness (QED) is 0.702. The van der Waals surface area contributed by atoms with Gasteiger partial charge < -0.3 is 0 Å². The van der Waals surface area contributed by atoms with Gasteiger partial charge in [0.25, 0.3) is 0 Å². The number of hydrogen-bond donors (Lipinski definition) is 0. The van der Waals surface area contributed by atoms with Crippen molar-refractivity contribution in [2.75, 3.05) is 6.26 Å². The van der Waals surface area contributed by atoms with Crippen molar-refractivity contribution in [3.05, 3.63) is 0 Å². The highest BCUT2D eigenvalue weighted by molar-refractivity contribution is 9.11. The third kappa shape index (κ3) is 3.23. The Morgan fingerprint density at radius 2 is 1.67 bits per heavy atom. The van der Waals surface area contributed by atoms with Gasteiger partial charge in [-0.3, -0.25) is 4.79 Å². The molecule has 0 saturated carbocycles. The summed E-state index contributed by atoms with van der Waals surface area (Å²) >= 11 is 2.86. The SMILES string of the molecule is CC(C)(C)C(=O)[C@@H](Br)S(C)(=O)=O. The zero-order chi connectivity index (χ0) is 10.2. The van der Waals surface area contributed by atoms with Crippen LogP contribution in [0, 0.1) is 5.41 Å². The summed E-state index contributed by atoms with van der Waals surface area (Å²) in [5.41, 5.74) is -0.628. The molecule has 3 nitrogen and oxygen atoms in total. The Kier molecular flexibility index (Phi) is 3.49. The molecule has 0 aromatic carbocycles. The number of halogens is 1. The number of Topliss-reactive ketones (excluding diaryl/α,β-unsaturated/α-hetero) is 1. The second-order valence-corrected chi connectivity index (χ2v) is 7.41. The van der Waals surface area contributed by atoms with Crippen LogP contribution in [0.1, 0.15) is 20.8 Å². The summed E-state index contributed by atoms with van der Waals surface area (Å²) in [4.78, 5) is 11.4. The van der Waals surface area contributed by atoms with Gasteiger partial charge in [0.2, 0.25) is 0 Å². The Labute approximate surface area is 81.6 Å². The van der Waals surface area contributed by atoms with E-state index in [4.69, 9.17) is 0 Å². The predicted molar refractivity (Wildman–Crippen MR) is 52.0 cm³/mol. The van der Waals surface area contributed by atoms with Crippen molar-refractivity contribution in [3.63, 3.8) is 0 Å². The lowest BCUT2D eigenvalue weighted by Crippen LogP contribution is -2.33. The molecule has 0 bridgehead atoms. The van der Waals surface area contributed by atoms with Crippen LogP contribution < -0.4 is 0 Å². The molecule has 0 aromatic rings. The van der Waals surface area contributed by atoms with Gasteiger partial charge in [0.1, 0.15) is 0 Å². The second kappa shape index (κ2) is 3.46. The van der Waals surface area contributed by atoms with E-state index < -0.39 is 19.4 Å². The van der Waals surface area contributed by atoms with E-state index in [-0.39, 0.29) is 5.78 Å². The largest absolute Gasteiger partial charge is 0.297 e. The zero-order valence-corrected chi connectivity index (χ0v) is 9.99. The van der Waals surface area contributed by atoms with E-state index >= 15 is 0 Å². The third-order valence-electron chi connectivity index (χ3n) is 1.32. The number of sulfone groups is 1. The molecule has 0 rings (SSSR count). The first-order chi connectivity index (χ1) is 5.07. The molecule has 0 aliphatic carbocycles. The fourth-order valence-electron chi connectivity index (χ4n) is 0.535. The predicted octanol–water partition coefficient (Wildman–Crippen LogP) is 1.37. The Hall–Kier alpha value is 0.1000. The van der Waals surface area contributed by atoms with E-state index in [0.717, 1.165) is 6.26 Å². The molecule has 0 aromatic heterocycles. The van der Waals surface area contributed by atoms with E-state index in [1.165, 1.54) is 0 Å². The van der Waals surface area contributed by atoms with Gasteiger partial charge in [0, 0.05) is 11.7 Å². The average molecular weight is 257 g/mol. The van der Waals surface area contributed by atoms with Gasteiger partial charge in [0.15, 0.2) is 19.8 Å². The number of carbonyl (C=O) groups is 1. The van der Waals surface area contributed by atoms with Crippen LogP contribution in [0.25, 0.3) is 0 Å². The average Bonchev–Trinajstić information content (AvgIpc) is 1.80. The van der Waals surface area contributed by atoms with Crippen molar-refractivity contribution < 1.29 is 13.2 Å². The van der Waals surface area contributed by atoms with Crippen LogP contribution in [-0.4, -0.2) is 24.6 Å². The molecule has 0 saturated heterocycles. The summed E-state index contributed by atoms with van der Waals surface area (Å²) in [6.07, 6.45) is 1.04. The molecule has 0 unspecified atom stereocenters. The first kappa shape index (κ1) is 12.1. The molecule has 0 amide bonds. The maximum absolute atomic E-state index is 11.4. The lowest BCUT2D eigenvalue weighted by atomic mass is 9.92. The van der Waals surface area contributed by atoms with E-state index in [1.807, 2.05) is 0 Å². The molecular formula is C7H13BrO3S. The van der Waals surface area contributed by atoms with E-state index in [2.05, 4.69) is 15.9 Å². The van der Waals surface area contributed by atoms with Crippen LogP contribution in [0.15, 0.2) is 0 Å². The van der Waals surface area contributed by atoms with E-state index in [0.29, 0.717) is 0 Å². The fraction of sp³-hybridized carbons (Fsp3) is 0.857. The monoisotopic (exact) mass is 256 g/mol. The summed E-state index contributed by atoms with van der Waals surface area (Å²) in [5, 5.41) is 0. The summed E-state index contributed by atoms with van der Waals surface area (Å²) in [6, 6.07) is 0. The van der Waals surface area contributed by atoms with Gasteiger partial charge in [-0.15, -0.1) is 0 Å². The van der Waals surface area contributed by atoms with E-state index in [9.17, 15) is 13.2 Å². The normalized spacial score (nSPS) is 15.8. The molecule has 0 radical (unpaired) electrons. The Balaban J connectivity index is 4.77. The van der Waals surface area contributed by atoms with Crippen LogP contribution >= 0.6 is 15.9 Å². The lowest BCUT2D eigenvalue weighted by molar-refractivity contribution is -0.124. The number of alkyl halides is 1. The Morgan fingerprint density at radius 1 is 1.33 bits per heavy atom. The van der Waals surface area contributed by atoms with Crippen LogP contribution in [0.3, 0.4) is 0 Å². The maximum atomic E-state index is 11.4. The number of hydrogen-bond acceptors (Lipinski definition) is 3. The number of rotatable bonds is 2. The molecule has 0 aliphatic rings. The second-order valence-electron chi connectivity index (χ2n) is 3.76. The van der Waals surface area contributed by atoms with Crippen molar-refractivity contribution in [2.45, 2.75) is 24.9 Å². The maximum Gasteiger partial charge on any atom is 0.174 e.